The molecule has 1 atom stereocenters. The Morgan fingerprint density at radius 2 is 1.93 bits per heavy atom. The number of aromatic nitrogens is 3. The molecule has 0 saturated carbocycles. The average molecular weight is 395 g/mol. The summed E-state index contributed by atoms with van der Waals surface area (Å²) in [4.78, 5) is 29.3. The number of fused-ring (bicyclic) bond motifs is 2. The van der Waals surface area contributed by atoms with Crippen LogP contribution in [0.5, 0.6) is 0 Å². The van der Waals surface area contributed by atoms with Crippen molar-refractivity contribution in [2.75, 3.05) is 0 Å². The molecule has 1 amide bonds. The summed E-state index contributed by atoms with van der Waals surface area (Å²) in [5, 5.41) is 5.15. The molecule has 2 aromatic heterocycles. The normalized spacial score (nSPS) is 12.4. The molecule has 1 unspecified atom stereocenters. The molecule has 0 radical (unpaired) electrons. The Hall–Kier alpha value is -3.12. The molecule has 4 rings (SSSR count). The van der Waals surface area contributed by atoms with Crippen LogP contribution in [0.4, 0.5) is 0 Å². The second-order valence-electron chi connectivity index (χ2n) is 6.92. The van der Waals surface area contributed by atoms with E-state index in [0.717, 1.165) is 16.5 Å². The molecule has 0 aliphatic rings. The van der Waals surface area contributed by atoms with Gasteiger partial charge in [-0.15, -0.1) is 0 Å². The molecule has 7 heteroatoms. The fourth-order valence-electron chi connectivity index (χ4n) is 3.37. The first-order valence-corrected chi connectivity index (χ1v) is 9.24. The smallest absolute Gasteiger partial charge is 0.268 e. The minimum absolute atomic E-state index is 0.0950. The first kappa shape index (κ1) is 18.3. The van der Waals surface area contributed by atoms with E-state index in [4.69, 9.17) is 11.6 Å². The molecular weight excluding hydrogens is 376 g/mol. The SMILES string of the molecule is CC(NC(=O)c1cc2ccc(Cl)cc2n1C)c1ccc2c(=O)n(C)cnc2c1. The number of nitrogens with zero attached hydrogens (tertiary/aromatic N) is 3. The van der Waals surface area contributed by atoms with Gasteiger partial charge in [0.1, 0.15) is 5.69 Å². The standard InChI is InChI=1S/C21H19ClN4O2/c1-12(13-5-7-16-17(8-13)23-11-25(2)21(16)28)24-20(27)19-9-14-4-6-15(22)10-18(14)26(19)3/h4-12H,1-3H3,(H,24,27). The first-order chi connectivity index (χ1) is 13.3. The van der Waals surface area contributed by atoms with Crippen LogP contribution in [0.15, 0.2) is 53.6 Å². The van der Waals surface area contributed by atoms with Gasteiger partial charge in [-0.05, 0) is 42.8 Å². The number of carbonyl (C=O) groups is 1. The van der Waals surface area contributed by atoms with E-state index in [-0.39, 0.29) is 17.5 Å². The van der Waals surface area contributed by atoms with Gasteiger partial charge >= 0.3 is 0 Å². The van der Waals surface area contributed by atoms with Gasteiger partial charge in [0.05, 0.1) is 23.3 Å². The summed E-state index contributed by atoms with van der Waals surface area (Å²) in [7, 11) is 3.51. The van der Waals surface area contributed by atoms with Crippen LogP contribution < -0.4 is 10.9 Å². The molecule has 28 heavy (non-hydrogen) atoms. The maximum Gasteiger partial charge on any atom is 0.268 e. The Kier molecular flexibility index (Phi) is 4.43. The van der Waals surface area contributed by atoms with Crippen molar-refractivity contribution in [1.82, 2.24) is 19.4 Å². The van der Waals surface area contributed by atoms with Crippen LogP contribution in [0, 0.1) is 0 Å². The summed E-state index contributed by atoms with van der Waals surface area (Å²) in [5.74, 6) is -0.181. The third-order valence-electron chi connectivity index (χ3n) is 5.03. The van der Waals surface area contributed by atoms with Gasteiger partial charge in [-0.2, -0.15) is 0 Å². The van der Waals surface area contributed by atoms with Crippen molar-refractivity contribution in [2.24, 2.45) is 14.1 Å². The minimum atomic E-state index is -0.246. The number of aryl methyl sites for hydroxylation is 2. The summed E-state index contributed by atoms with van der Waals surface area (Å²) in [6.07, 6.45) is 1.50. The van der Waals surface area contributed by atoms with Gasteiger partial charge in [0.25, 0.3) is 11.5 Å². The number of amides is 1. The molecule has 0 spiro atoms. The van der Waals surface area contributed by atoms with Crippen molar-refractivity contribution in [3.63, 3.8) is 0 Å². The Bertz CT molecular complexity index is 1290. The number of halogens is 1. The van der Waals surface area contributed by atoms with Gasteiger partial charge < -0.3 is 14.5 Å². The van der Waals surface area contributed by atoms with Crippen LogP contribution in [0.1, 0.15) is 29.0 Å². The number of hydrogen-bond donors (Lipinski definition) is 1. The molecule has 0 aliphatic heterocycles. The largest absolute Gasteiger partial charge is 0.344 e. The Balaban J connectivity index is 1.63. The van der Waals surface area contributed by atoms with Crippen molar-refractivity contribution in [2.45, 2.75) is 13.0 Å². The molecular formula is C21H19ClN4O2. The topological polar surface area (TPSA) is 68.9 Å². The quantitative estimate of drug-likeness (QED) is 0.577. The van der Waals surface area contributed by atoms with E-state index in [1.165, 1.54) is 10.9 Å². The summed E-state index contributed by atoms with van der Waals surface area (Å²) in [5.41, 5.74) is 2.85. The minimum Gasteiger partial charge on any atom is -0.344 e. The summed E-state index contributed by atoms with van der Waals surface area (Å²) < 4.78 is 3.27. The molecule has 2 heterocycles. The van der Waals surface area contributed by atoms with Crippen LogP contribution in [0.2, 0.25) is 5.02 Å². The average Bonchev–Trinajstić information content (AvgIpc) is 3.00. The number of carbonyl (C=O) groups excluding carboxylic acids is 1. The molecule has 0 bridgehead atoms. The number of rotatable bonds is 3. The zero-order valence-corrected chi connectivity index (χ0v) is 16.5. The molecule has 6 nitrogen and oxygen atoms in total. The maximum absolute atomic E-state index is 12.8. The highest BCUT2D eigenvalue weighted by Gasteiger charge is 2.17. The van der Waals surface area contributed by atoms with E-state index in [1.54, 1.807) is 19.2 Å². The van der Waals surface area contributed by atoms with Gasteiger partial charge in [0.15, 0.2) is 0 Å². The Morgan fingerprint density at radius 1 is 1.14 bits per heavy atom. The van der Waals surface area contributed by atoms with E-state index in [2.05, 4.69) is 10.3 Å². The lowest BCUT2D eigenvalue weighted by Crippen LogP contribution is -2.28. The van der Waals surface area contributed by atoms with Crippen molar-refractivity contribution >= 4 is 39.3 Å². The lowest BCUT2D eigenvalue weighted by atomic mass is 10.1. The molecule has 1 N–H and O–H groups in total. The Morgan fingerprint density at radius 3 is 2.71 bits per heavy atom. The summed E-state index contributed by atoms with van der Waals surface area (Å²) in [6.45, 7) is 1.90. The summed E-state index contributed by atoms with van der Waals surface area (Å²) in [6, 6.07) is 12.6. The van der Waals surface area contributed by atoms with E-state index >= 15 is 0 Å². The lowest BCUT2D eigenvalue weighted by molar-refractivity contribution is 0.0932. The zero-order valence-electron chi connectivity index (χ0n) is 15.7. The Labute approximate surface area is 166 Å². The van der Waals surface area contributed by atoms with Crippen LogP contribution in [0.3, 0.4) is 0 Å². The highest BCUT2D eigenvalue weighted by atomic mass is 35.5. The highest BCUT2D eigenvalue weighted by Crippen LogP contribution is 2.23. The third kappa shape index (κ3) is 3.05. The van der Waals surface area contributed by atoms with E-state index in [9.17, 15) is 9.59 Å². The number of nitrogens with one attached hydrogen (secondary N) is 1. The van der Waals surface area contributed by atoms with Crippen LogP contribution in [-0.4, -0.2) is 20.0 Å². The van der Waals surface area contributed by atoms with Crippen molar-refractivity contribution < 1.29 is 4.79 Å². The monoisotopic (exact) mass is 394 g/mol. The van der Waals surface area contributed by atoms with Gasteiger partial charge in [-0.3, -0.25) is 9.59 Å². The highest BCUT2D eigenvalue weighted by molar-refractivity contribution is 6.31. The van der Waals surface area contributed by atoms with Crippen LogP contribution in [-0.2, 0) is 14.1 Å². The van der Waals surface area contributed by atoms with Crippen molar-refractivity contribution in [3.8, 4) is 0 Å². The van der Waals surface area contributed by atoms with Crippen molar-refractivity contribution in [3.05, 3.63) is 75.4 Å². The summed E-state index contributed by atoms with van der Waals surface area (Å²) >= 11 is 6.07. The second-order valence-corrected chi connectivity index (χ2v) is 7.36. The van der Waals surface area contributed by atoms with E-state index in [0.29, 0.717) is 21.6 Å². The predicted octanol–water partition coefficient (Wildman–Crippen LogP) is 3.57. The van der Waals surface area contributed by atoms with E-state index < -0.39 is 0 Å². The predicted molar refractivity (Wildman–Crippen MR) is 111 cm³/mol. The molecule has 0 aliphatic carbocycles. The van der Waals surface area contributed by atoms with Gasteiger partial charge in [0.2, 0.25) is 0 Å². The molecule has 4 aromatic rings. The van der Waals surface area contributed by atoms with Crippen molar-refractivity contribution in [1.29, 1.82) is 0 Å². The maximum atomic E-state index is 12.8. The third-order valence-corrected chi connectivity index (χ3v) is 5.27. The number of hydrogen-bond acceptors (Lipinski definition) is 3. The van der Waals surface area contributed by atoms with Gasteiger partial charge in [0, 0.05) is 30.0 Å². The van der Waals surface area contributed by atoms with E-state index in [1.807, 2.05) is 48.9 Å². The fraction of sp³-hybridized carbons (Fsp3) is 0.190. The van der Waals surface area contributed by atoms with Gasteiger partial charge in [-0.25, -0.2) is 4.98 Å². The fourth-order valence-corrected chi connectivity index (χ4v) is 3.54. The van der Waals surface area contributed by atoms with Crippen LogP contribution in [0.25, 0.3) is 21.8 Å². The molecule has 142 valence electrons. The first-order valence-electron chi connectivity index (χ1n) is 8.86. The molecule has 0 fully saturated rings. The molecule has 2 aromatic carbocycles. The second kappa shape index (κ2) is 6.80. The molecule has 0 saturated heterocycles. The zero-order chi connectivity index (χ0) is 20.0. The van der Waals surface area contributed by atoms with Crippen LogP contribution >= 0.6 is 11.6 Å². The lowest BCUT2D eigenvalue weighted by Gasteiger charge is -2.15. The van der Waals surface area contributed by atoms with Gasteiger partial charge in [-0.1, -0.05) is 23.7 Å². The number of benzene rings is 2.